The number of H-pyrrole nitrogens is 1. The van der Waals surface area contributed by atoms with Gasteiger partial charge in [-0.3, -0.25) is 14.8 Å². The molecule has 21 heavy (non-hydrogen) atoms. The van der Waals surface area contributed by atoms with Gasteiger partial charge in [-0.1, -0.05) is 0 Å². The topological polar surface area (TPSA) is 61.0 Å². The average molecular weight is 284 g/mol. The van der Waals surface area contributed by atoms with Crippen LogP contribution in [0.4, 0.5) is 0 Å². The van der Waals surface area contributed by atoms with Crippen molar-refractivity contribution in [2.45, 2.75) is 37.8 Å². The van der Waals surface area contributed by atoms with E-state index in [-0.39, 0.29) is 11.9 Å². The molecular weight excluding hydrogens is 264 g/mol. The second kappa shape index (κ2) is 5.15. The van der Waals surface area contributed by atoms with Gasteiger partial charge in [0.05, 0.1) is 11.7 Å². The van der Waals surface area contributed by atoms with Crippen LogP contribution in [0.1, 0.15) is 36.0 Å². The molecule has 5 heteroatoms. The molecule has 2 aromatic rings. The zero-order valence-electron chi connectivity index (χ0n) is 12.0. The van der Waals surface area contributed by atoms with Gasteiger partial charge in [0.15, 0.2) is 0 Å². The Hall–Kier alpha value is -1.88. The molecule has 0 aliphatic carbocycles. The van der Waals surface area contributed by atoms with E-state index in [9.17, 15) is 4.79 Å². The Balaban J connectivity index is 1.46. The molecule has 2 saturated heterocycles. The number of fused-ring (bicyclic) bond motifs is 2. The highest BCUT2D eigenvalue weighted by Crippen LogP contribution is 2.27. The van der Waals surface area contributed by atoms with E-state index in [1.807, 2.05) is 18.2 Å². The van der Waals surface area contributed by atoms with Crippen LogP contribution in [0.15, 0.2) is 24.4 Å². The van der Waals surface area contributed by atoms with Gasteiger partial charge in [-0.25, -0.2) is 0 Å². The zero-order chi connectivity index (χ0) is 14.2. The molecule has 110 valence electrons. The molecule has 0 spiro atoms. The highest BCUT2D eigenvalue weighted by Gasteiger charge is 2.32. The number of carbonyl (C=O) groups excluding carboxylic acids is 1. The van der Waals surface area contributed by atoms with Crippen LogP contribution in [-0.4, -0.2) is 46.2 Å². The second-order valence-corrected chi connectivity index (χ2v) is 6.21. The molecule has 1 unspecified atom stereocenters. The third kappa shape index (κ3) is 2.42. The fraction of sp³-hybridized carbons (Fsp3) is 0.500. The van der Waals surface area contributed by atoms with Crippen molar-refractivity contribution >= 4 is 16.8 Å². The number of hydrogen-bond acceptors (Lipinski definition) is 3. The lowest BCUT2D eigenvalue weighted by molar-refractivity contribution is 0.0788. The number of aromatic nitrogens is 2. The van der Waals surface area contributed by atoms with Gasteiger partial charge in [-0.05, 0) is 50.4 Å². The van der Waals surface area contributed by atoms with E-state index in [4.69, 9.17) is 0 Å². The Morgan fingerprint density at radius 2 is 2.29 bits per heavy atom. The second-order valence-electron chi connectivity index (χ2n) is 6.21. The summed E-state index contributed by atoms with van der Waals surface area (Å²) in [4.78, 5) is 14.9. The third-order valence-corrected chi connectivity index (χ3v) is 4.85. The average Bonchev–Trinajstić information content (AvgIpc) is 2.89. The van der Waals surface area contributed by atoms with E-state index in [0.717, 1.165) is 29.9 Å². The van der Waals surface area contributed by atoms with Gasteiger partial charge in [0.2, 0.25) is 0 Å². The van der Waals surface area contributed by atoms with Crippen LogP contribution in [-0.2, 0) is 0 Å². The first-order chi connectivity index (χ1) is 10.3. The summed E-state index contributed by atoms with van der Waals surface area (Å²) < 4.78 is 0. The minimum atomic E-state index is 0.0297. The number of amides is 1. The van der Waals surface area contributed by atoms with Crippen LogP contribution < -0.4 is 5.32 Å². The quantitative estimate of drug-likeness (QED) is 0.885. The number of aromatic amines is 1. The molecule has 2 aliphatic heterocycles. The number of rotatable bonds is 2. The smallest absolute Gasteiger partial charge is 0.251 e. The minimum absolute atomic E-state index is 0.0297. The van der Waals surface area contributed by atoms with Crippen LogP contribution in [0.5, 0.6) is 0 Å². The number of benzene rings is 1. The fourth-order valence-corrected chi connectivity index (χ4v) is 3.51. The Morgan fingerprint density at radius 1 is 1.33 bits per heavy atom. The molecular formula is C16H20N4O. The van der Waals surface area contributed by atoms with Crippen molar-refractivity contribution in [3.63, 3.8) is 0 Å². The van der Waals surface area contributed by atoms with Crippen LogP contribution in [0, 0.1) is 0 Å². The Morgan fingerprint density at radius 3 is 3.14 bits per heavy atom. The van der Waals surface area contributed by atoms with E-state index in [0.29, 0.717) is 5.56 Å². The summed E-state index contributed by atoms with van der Waals surface area (Å²) in [5.74, 6) is 0.0297. The number of carbonyl (C=O) groups is 1. The molecule has 2 atom stereocenters. The molecule has 1 aromatic heterocycles. The molecule has 1 amide bonds. The largest absolute Gasteiger partial charge is 0.348 e. The van der Waals surface area contributed by atoms with E-state index < -0.39 is 0 Å². The lowest BCUT2D eigenvalue weighted by atomic mass is 10.00. The lowest BCUT2D eigenvalue weighted by Crippen LogP contribution is -2.52. The first kappa shape index (κ1) is 12.8. The summed E-state index contributed by atoms with van der Waals surface area (Å²) in [6.07, 6.45) is 6.67. The van der Waals surface area contributed by atoms with Gasteiger partial charge in [0.1, 0.15) is 0 Å². The van der Waals surface area contributed by atoms with E-state index >= 15 is 0 Å². The summed E-state index contributed by atoms with van der Waals surface area (Å²) in [5.41, 5.74) is 1.68. The summed E-state index contributed by atoms with van der Waals surface area (Å²) >= 11 is 0. The molecule has 3 heterocycles. The summed E-state index contributed by atoms with van der Waals surface area (Å²) in [5, 5.41) is 11.1. The van der Waals surface area contributed by atoms with Crippen molar-refractivity contribution in [3.05, 3.63) is 30.0 Å². The zero-order valence-corrected chi connectivity index (χ0v) is 12.0. The van der Waals surface area contributed by atoms with Crippen LogP contribution in [0.25, 0.3) is 10.9 Å². The Bertz CT molecular complexity index is 665. The summed E-state index contributed by atoms with van der Waals surface area (Å²) in [6, 6.07) is 6.73. The van der Waals surface area contributed by atoms with Crippen molar-refractivity contribution in [2.24, 2.45) is 0 Å². The predicted octanol–water partition coefficient (Wildman–Crippen LogP) is 1.92. The molecule has 1 aromatic carbocycles. The standard InChI is InChI=1S/C16H20N4O/c21-16(11-4-5-15-12(8-11)9-17-19-15)18-13-2-1-3-14-6-7-20(14)10-13/h4-5,8-9,13-14H,1-3,6-7,10H2,(H,17,19)(H,18,21)/t13-,14?/m1/s1. The number of nitrogens with zero attached hydrogens (tertiary/aromatic N) is 2. The Kier molecular flexibility index (Phi) is 3.15. The van der Waals surface area contributed by atoms with Gasteiger partial charge in [0, 0.05) is 29.6 Å². The maximum absolute atomic E-state index is 12.4. The number of hydrogen-bond donors (Lipinski definition) is 2. The van der Waals surface area contributed by atoms with Gasteiger partial charge in [0.25, 0.3) is 5.91 Å². The number of nitrogens with one attached hydrogen (secondary N) is 2. The van der Waals surface area contributed by atoms with Gasteiger partial charge < -0.3 is 5.32 Å². The molecule has 2 N–H and O–H groups in total. The first-order valence-corrected chi connectivity index (χ1v) is 7.77. The fourth-order valence-electron chi connectivity index (χ4n) is 3.51. The van der Waals surface area contributed by atoms with Crippen molar-refractivity contribution in [3.8, 4) is 0 Å². The summed E-state index contributed by atoms with van der Waals surface area (Å²) in [6.45, 7) is 2.20. The molecule has 0 bridgehead atoms. The molecule has 0 radical (unpaired) electrons. The minimum Gasteiger partial charge on any atom is -0.348 e. The van der Waals surface area contributed by atoms with Crippen molar-refractivity contribution in [2.75, 3.05) is 13.1 Å². The normalized spacial score (nSPS) is 25.9. The van der Waals surface area contributed by atoms with Gasteiger partial charge >= 0.3 is 0 Å². The van der Waals surface area contributed by atoms with Crippen LogP contribution in [0.3, 0.4) is 0 Å². The predicted molar refractivity (Wildman–Crippen MR) is 81.2 cm³/mol. The maximum atomic E-state index is 12.4. The lowest BCUT2D eigenvalue weighted by Gasteiger charge is -2.40. The van der Waals surface area contributed by atoms with Gasteiger partial charge in [-0.2, -0.15) is 5.10 Å². The molecule has 5 nitrogen and oxygen atoms in total. The third-order valence-electron chi connectivity index (χ3n) is 4.85. The van der Waals surface area contributed by atoms with Gasteiger partial charge in [-0.15, -0.1) is 0 Å². The van der Waals surface area contributed by atoms with Crippen molar-refractivity contribution in [1.29, 1.82) is 0 Å². The van der Waals surface area contributed by atoms with Crippen LogP contribution >= 0.6 is 0 Å². The first-order valence-electron chi connectivity index (χ1n) is 7.77. The molecule has 4 rings (SSSR count). The summed E-state index contributed by atoms with van der Waals surface area (Å²) in [7, 11) is 0. The monoisotopic (exact) mass is 284 g/mol. The molecule has 0 saturated carbocycles. The van der Waals surface area contributed by atoms with E-state index in [1.54, 1.807) is 6.20 Å². The SMILES string of the molecule is O=C(N[C@@H]1CCCC2CCN2C1)c1ccc2[nH]ncc2c1. The van der Waals surface area contributed by atoms with Crippen LogP contribution in [0.2, 0.25) is 0 Å². The Labute approximate surface area is 123 Å². The van der Waals surface area contributed by atoms with E-state index in [2.05, 4.69) is 20.4 Å². The van der Waals surface area contributed by atoms with Crippen molar-refractivity contribution in [1.82, 2.24) is 20.4 Å². The highest BCUT2D eigenvalue weighted by molar-refractivity contribution is 5.98. The maximum Gasteiger partial charge on any atom is 0.251 e. The van der Waals surface area contributed by atoms with E-state index in [1.165, 1.54) is 25.8 Å². The molecule has 2 fully saturated rings. The molecule has 2 aliphatic rings. The van der Waals surface area contributed by atoms with Crippen molar-refractivity contribution < 1.29 is 4.79 Å². The highest BCUT2D eigenvalue weighted by atomic mass is 16.1.